The monoisotopic (exact) mass is 619 g/mol. The van der Waals surface area contributed by atoms with Crippen LogP contribution in [0.2, 0.25) is 0 Å². The first-order valence-corrected chi connectivity index (χ1v) is 16.0. The molecule has 0 saturated heterocycles. The molecule has 0 heterocycles. The van der Waals surface area contributed by atoms with E-state index in [0.29, 0.717) is 26.1 Å². The van der Waals surface area contributed by atoms with Crippen molar-refractivity contribution in [2.45, 2.75) is 59.4 Å². The van der Waals surface area contributed by atoms with Crippen molar-refractivity contribution in [1.82, 2.24) is 5.32 Å². The Kier molecular flexibility index (Phi) is 14.8. The van der Waals surface area contributed by atoms with Crippen molar-refractivity contribution >= 4 is 17.5 Å². The van der Waals surface area contributed by atoms with Crippen molar-refractivity contribution in [1.29, 1.82) is 0 Å². The van der Waals surface area contributed by atoms with Crippen molar-refractivity contribution < 1.29 is 14.3 Å². The number of hydrogen-bond donors (Lipinski definition) is 2. The molecule has 6 nitrogen and oxygen atoms in total. The second-order valence-corrected chi connectivity index (χ2v) is 11.6. The summed E-state index contributed by atoms with van der Waals surface area (Å²) in [5.41, 5.74) is 14.3. The van der Waals surface area contributed by atoms with Crippen LogP contribution < -0.4 is 16.0 Å². The van der Waals surface area contributed by atoms with Gasteiger partial charge in [-0.3, -0.25) is 14.9 Å². The molecule has 6 heteroatoms. The second kappa shape index (κ2) is 19.0. The number of primary amides is 1. The zero-order valence-corrected chi connectivity index (χ0v) is 27.8. The number of amides is 2. The highest BCUT2D eigenvalue weighted by molar-refractivity contribution is 5.98. The van der Waals surface area contributed by atoms with Crippen molar-refractivity contribution in [3.8, 4) is 0 Å². The largest absolute Gasteiger partial charge is 0.500 e. The molecule has 0 radical (unpaired) electrons. The van der Waals surface area contributed by atoms with Crippen LogP contribution in [0.4, 0.5) is 5.69 Å². The van der Waals surface area contributed by atoms with Gasteiger partial charge in [-0.25, -0.2) is 0 Å². The van der Waals surface area contributed by atoms with E-state index >= 15 is 0 Å². The van der Waals surface area contributed by atoms with Gasteiger partial charge < -0.3 is 15.4 Å². The van der Waals surface area contributed by atoms with Gasteiger partial charge in [0.2, 0.25) is 11.8 Å². The van der Waals surface area contributed by atoms with Crippen LogP contribution in [0.15, 0.2) is 110 Å². The first-order valence-electron chi connectivity index (χ1n) is 16.0. The SMILES string of the molecule is C=COCCNC(C(=O)N(CCc1ccc(C)cc1)c1ccc(C)c(C)c1)c1ccccc1.Cc1ccc(CCCC(N)=O)cc1. The van der Waals surface area contributed by atoms with Crippen LogP contribution in [0.3, 0.4) is 0 Å². The van der Waals surface area contributed by atoms with Gasteiger partial charge in [0, 0.05) is 25.2 Å². The standard InChI is InChI=1S/C29H34N2O2.C11H15NO/c1-5-33-20-18-30-28(26-9-7-6-8-10-26)29(32)31(27-16-13-23(3)24(4)21-27)19-17-25-14-11-22(2)12-15-25;1-9-5-7-10(8-6-9)3-2-4-11(12)13/h5-16,21,28,30H,1,17-20H2,2-4H3;5-8H,2-4H2,1H3,(H2,12,13). The summed E-state index contributed by atoms with van der Waals surface area (Å²) < 4.78 is 5.26. The molecule has 4 aromatic carbocycles. The number of nitrogens with two attached hydrogens (primary N) is 1. The zero-order chi connectivity index (χ0) is 33.3. The summed E-state index contributed by atoms with van der Waals surface area (Å²) in [6.45, 7) is 13.5. The van der Waals surface area contributed by atoms with E-state index in [-0.39, 0.29) is 11.8 Å². The van der Waals surface area contributed by atoms with Crippen molar-refractivity contribution in [3.63, 3.8) is 0 Å². The predicted octanol–water partition coefficient (Wildman–Crippen LogP) is 7.48. The maximum absolute atomic E-state index is 14.0. The quantitative estimate of drug-likeness (QED) is 0.107. The first-order chi connectivity index (χ1) is 22.2. The Morgan fingerprint density at radius 2 is 1.43 bits per heavy atom. The minimum absolute atomic E-state index is 0.0233. The van der Waals surface area contributed by atoms with Crippen LogP contribution in [-0.4, -0.2) is 31.5 Å². The fraction of sp³-hybridized carbons (Fsp3) is 0.300. The molecule has 0 fully saturated rings. The summed E-state index contributed by atoms with van der Waals surface area (Å²) in [5, 5.41) is 3.39. The highest BCUT2D eigenvalue weighted by Gasteiger charge is 2.27. The average Bonchev–Trinajstić information content (AvgIpc) is 3.05. The van der Waals surface area contributed by atoms with Gasteiger partial charge in [-0.1, -0.05) is 103 Å². The number of ether oxygens (including phenoxy) is 1. The lowest BCUT2D eigenvalue weighted by atomic mass is 10.0. The number of carbonyl (C=O) groups excluding carboxylic acids is 2. The van der Waals surface area contributed by atoms with Crippen LogP contribution in [0, 0.1) is 27.7 Å². The number of nitrogens with zero attached hydrogens (tertiary/aromatic N) is 1. The van der Waals surface area contributed by atoms with Crippen LogP contribution in [0.1, 0.15) is 57.8 Å². The lowest BCUT2D eigenvalue weighted by Crippen LogP contribution is -2.43. The number of anilines is 1. The van der Waals surface area contributed by atoms with E-state index in [2.05, 4.69) is 100 Å². The van der Waals surface area contributed by atoms with Crippen molar-refractivity contribution in [2.75, 3.05) is 24.6 Å². The fourth-order valence-corrected chi connectivity index (χ4v) is 4.97. The topological polar surface area (TPSA) is 84.7 Å². The Balaban J connectivity index is 0.000000370. The highest BCUT2D eigenvalue weighted by Crippen LogP contribution is 2.24. The van der Waals surface area contributed by atoms with E-state index in [4.69, 9.17) is 10.5 Å². The molecule has 1 unspecified atom stereocenters. The molecule has 1 atom stereocenters. The molecule has 2 amide bonds. The molecule has 0 aliphatic carbocycles. The van der Waals surface area contributed by atoms with Crippen LogP contribution >= 0.6 is 0 Å². The normalized spacial score (nSPS) is 11.1. The minimum atomic E-state index is -0.473. The van der Waals surface area contributed by atoms with Crippen LogP contribution in [0.25, 0.3) is 0 Å². The molecule has 3 N–H and O–H groups in total. The number of nitrogens with one attached hydrogen (secondary N) is 1. The van der Waals surface area contributed by atoms with Gasteiger partial charge >= 0.3 is 0 Å². The van der Waals surface area contributed by atoms with Gasteiger partial charge in [-0.15, -0.1) is 0 Å². The number of aryl methyl sites for hydroxylation is 5. The van der Waals surface area contributed by atoms with Gasteiger partial charge in [0.05, 0.1) is 12.9 Å². The lowest BCUT2D eigenvalue weighted by molar-refractivity contribution is -0.121. The van der Waals surface area contributed by atoms with Gasteiger partial charge in [0.25, 0.3) is 0 Å². The summed E-state index contributed by atoms with van der Waals surface area (Å²) in [6.07, 6.45) is 4.46. The summed E-state index contributed by atoms with van der Waals surface area (Å²) in [5.74, 6) is -0.192. The Morgan fingerprint density at radius 1 is 0.826 bits per heavy atom. The summed E-state index contributed by atoms with van der Waals surface area (Å²) >= 11 is 0. The summed E-state index contributed by atoms with van der Waals surface area (Å²) in [4.78, 5) is 26.4. The molecule has 242 valence electrons. The molecule has 4 rings (SSSR count). The molecule has 0 bridgehead atoms. The number of hydrogen-bond acceptors (Lipinski definition) is 4. The average molecular weight is 620 g/mol. The maximum atomic E-state index is 14.0. The van der Waals surface area contributed by atoms with Crippen LogP contribution in [0.5, 0.6) is 0 Å². The Hall–Kier alpha value is -4.68. The van der Waals surface area contributed by atoms with E-state index in [1.165, 1.54) is 39.6 Å². The van der Waals surface area contributed by atoms with Gasteiger partial charge in [0.15, 0.2) is 0 Å². The second-order valence-electron chi connectivity index (χ2n) is 11.6. The van der Waals surface area contributed by atoms with Gasteiger partial charge in [-0.05, 0) is 86.9 Å². The third-order valence-corrected chi connectivity index (χ3v) is 7.89. The van der Waals surface area contributed by atoms with E-state index in [9.17, 15) is 9.59 Å². The molecule has 0 spiro atoms. The first kappa shape index (κ1) is 35.8. The number of benzene rings is 4. The zero-order valence-electron chi connectivity index (χ0n) is 27.8. The predicted molar refractivity (Wildman–Crippen MR) is 190 cm³/mol. The molecular formula is C40H49N3O3. The molecule has 46 heavy (non-hydrogen) atoms. The maximum Gasteiger partial charge on any atom is 0.248 e. The van der Waals surface area contributed by atoms with Crippen molar-refractivity contribution in [3.05, 3.63) is 149 Å². The van der Waals surface area contributed by atoms with E-state index < -0.39 is 6.04 Å². The smallest absolute Gasteiger partial charge is 0.248 e. The Morgan fingerprint density at radius 3 is 2.00 bits per heavy atom. The summed E-state index contributed by atoms with van der Waals surface area (Å²) in [6, 6.07) is 32.5. The van der Waals surface area contributed by atoms with Crippen LogP contribution in [-0.2, 0) is 27.2 Å². The Labute approximate surface area is 275 Å². The third kappa shape index (κ3) is 12.0. The van der Waals surface area contributed by atoms with E-state index in [1.54, 1.807) is 0 Å². The molecular weight excluding hydrogens is 570 g/mol. The molecule has 0 aromatic heterocycles. The Bertz CT molecular complexity index is 1520. The number of rotatable bonds is 15. The summed E-state index contributed by atoms with van der Waals surface area (Å²) in [7, 11) is 0. The highest BCUT2D eigenvalue weighted by atomic mass is 16.5. The van der Waals surface area contributed by atoms with E-state index in [1.807, 2.05) is 41.3 Å². The van der Waals surface area contributed by atoms with Gasteiger partial charge in [-0.2, -0.15) is 0 Å². The fourth-order valence-electron chi connectivity index (χ4n) is 4.97. The number of carbonyl (C=O) groups is 2. The molecule has 0 aliphatic rings. The molecule has 4 aromatic rings. The molecule has 0 saturated carbocycles. The van der Waals surface area contributed by atoms with Gasteiger partial charge in [0.1, 0.15) is 6.04 Å². The third-order valence-electron chi connectivity index (χ3n) is 7.89. The molecule has 0 aliphatic heterocycles. The lowest BCUT2D eigenvalue weighted by Gasteiger charge is -2.29. The minimum Gasteiger partial charge on any atom is -0.500 e. The van der Waals surface area contributed by atoms with Crippen molar-refractivity contribution in [2.24, 2.45) is 5.73 Å². The van der Waals surface area contributed by atoms with E-state index in [0.717, 1.165) is 30.5 Å².